The molecule has 1 saturated heterocycles. The summed E-state index contributed by atoms with van der Waals surface area (Å²) in [5, 5.41) is 11.8. The molecule has 1 atom stereocenters. The summed E-state index contributed by atoms with van der Waals surface area (Å²) in [6, 6.07) is 7.66. The number of ketones is 1. The third-order valence-corrected chi connectivity index (χ3v) is 8.14. The van der Waals surface area contributed by atoms with Crippen molar-refractivity contribution in [1.29, 1.82) is 0 Å². The number of anilines is 1. The second-order valence-corrected chi connectivity index (χ2v) is 10.6. The molecule has 0 spiro atoms. The largest absolute Gasteiger partial charge is 0.505 e. The molecule has 42 heavy (non-hydrogen) atoms. The molecule has 1 aromatic carbocycles. The van der Waals surface area contributed by atoms with Crippen molar-refractivity contribution in [1.82, 2.24) is 14.4 Å². The number of carbonyl (C=O) groups excluding carboxylic acids is 3. The van der Waals surface area contributed by atoms with Crippen LogP contribution in [0.2, 0.25) is 0 Å². The lowest BCUT2D eigenvalue weighted by atomic mass is 9.96. The van der Waals surface area contributed by atoms with Crippen molar-refractivity contribution in [3.05, 3.63) is 75.2 Å². The molecular weight excluding hydrogens is 560 g/mol. The lowest BCUT2D eigenvalue weighted by Gasteiger charge is -2.23. The van der Waals surface area contributed by atoms with E-state index in [0.29, 0.717) is 40.7 Å². The fourth-order valence-electron chi connectivity index (χ4n) is 5.02. The molecule has 12 heteroatoms. The smallest absolute Gasteiger partial charge is 0.350 e. The van der Waals surface area contributed by atoms with Crippen LogP contribution in [0.4, 0.5) is 5.13 Å². The van der Waals surface area contributed by atoms with Crippen LogP contribution in [0.25, 0.3) is 11.4 Å². The molecule has 1 amide bonds. The lowest BCUT2D eigenvalue weighted by Crippen LogP contribution is -2.29. The Balaban J connectivity index is 1.75. The lowest BCUT2D eigenvalue weighted by molar-refractivity contribution is -0.132. The first-order valence-corrected chi connectivity index (χ1v) is 14.1. The standard InChI is InChI=1S/C30H30N4O7S/c1-7-40-19-12-11-18(14-20(19)39-6)23-21(24(35)22-17(5)33-13-9-10-15(3)27(33)32-22)25(36)28(37)34(23)30-31-16(4)26(42-30)29(38)41-8-2/h9-14,23,35H,7-8H2,1-6H3. The third kappa shape index (κ3) is 4.67. The topological polar surface area (TPSA) is 133 Å². The van der Waals surface area contributed by atoms with Crippen LogP contribution >= 0.6 is 11.3 Å². The van der Waals surface area contributed by atoms with Gasteiger partial charge in [0.05, 0.1) is 43.3 Å². The van der Waals surface area contributed by atoms with Crippen LogP contribution in [-0.4, -0.2) is 57.5 Å². The van der Waals surface area contributed by atoms with Gasteiger partial charge in [-0.15, -0.1) is 0 Å². The second kappa shape index (κ2) is 11.3. The highest BCUT2D eigenvalue weighted by Gasteiger charge is 2.49. The Labute approximate surface area is 246 Å². The van der Waals surface area contributed by atoms with E-state index in [4.69, 9.17) is 14.2 Å². The summed E-state index contributed by atoms with van der Waals surface area (Å²) in [4.78, 5) is 50.5. The Morgan fingerprint density at radius 1 is 1.07 bits per heavy atom. The number of rotatable bonds is 8. The van der Waals surface area contributed by atoms with Crippen LogP contribution in [-0.2, 0) is 14.3 Å². The van der Waals surface area contributed by atoms with Crippen LogP contribution in [0.5, 0.6) is 11.5 Å². The maximum atomic E-state index is 13.7. The summed E-state index contributed by atoms with van der Waals surface area (Å²) < 4.78 is 18.2. The number of hydrogen-bond acceptors (Lipinski definition) is 10. The number of aryl methyl sites for hydroxylation is 3. The predicted octanol–water partition coefficient (Wildman–Crippen LogP) is 4.93. The van der Waals surface area contributed by atoms with Gasteiger partial charge in [-0.3, -0.25) is 14.5 Å². The number of esters is 1. The number of nitrogens with zero attached hydrogens (tertiary/aromatic N) is 4. The summed E-state index contributed by atoms with van der Waals surface area (Å²) in [5.74, 6) is -1.97. The number of carbonyl (C=O) groups is 3. The number of imidazole rings is 1. The van der Waals surface area contributed by atoms with E-state index < -0.39 is 29.5 Å². The minimum atomic E-state index is -1.11. The van der Waals surface area contributed by atoms with Crippen molar-refractivity contribution in [2.24, 2.45) is 0 Å². The first-order valence-electron chi connectivity index (χ1n) is 13.3. The number of pyridine rings is 1. The molecule has 0 saturated carbocycles. The summed E-state index contributed by atoms with van der Waals surface area (Å²) in [5.41, 5.74) is 2.89. The van der Waals surface area contributed by atoms with Gasteiger partial charge in [0.1, 0.15) is 16.2 Å². The molecule has 0 bridgehead atoms. The molecular formula is C30H30N4O7S. The van der Waals surface area contributed by atoms with Crippen molar-refractivity contribution < 1.29 is 33.7 Å². The fourth-order valence-corrected chi connectivity index (χ4v) is 6.01. The molecule has 4 aromatic rings. The number of aliphatic hydroxyl groups excluding tert-OH is 1. The fraction of sp³-hybridized carbons (Fsp3) is 0.300. The highest BCUT2D eigenvalue weighted by molar-refractivity contribution is 7.17. The van der Waals surface area contributed by atoms with Crippen molar-refractivity contribution in [3.8, 4) is 11.5 Å². The Bertz CT molecular complexity index is 1770. The number of amides is 1. The SMILES string of the molecule is CCOC(=O)c1sc(N2C(=O)C(=O)C(=C(O)c3nc4c(C)cccn4c3C)C2c2ccc(OCC)c(OC)c2)nc1C. The number of aliphatic hydroxyl groups is 1. The zero-order valence-corrected chi connectivity index (χ0v) is 24.9. The van der Waals surface area contributed by atoms with Gasteiger partial charge in [0.2, 0.25) is 0 Å². The Morgan fingerprint density at radius 2 is 1.83 bits per heavy atom. The first kappa shape index (κ1) is 28.8. The third-order valence-electron chi connectivity index (χ3n) is 7.01. The zero-order chi connectivity index (χ0) is 30.3. The summed E-state index contributed by atoms with van der Waals surface area (Å²) in [7, 11) is 1.48. The molecule has 1 N–H and O–H groups in total. The first-order chi connectivity index (χ1) is 20.1. The van der Waals surface area contributed by atoms with Gasteiger partial charge in [-0.1, -0.05) is 23.5 Å². The van der Waals surface area contributed by atoms with E-state index in [1.165, 1.54) is 12.0 Å². The predicted molar refractivity (Wildman–Crippen MR) is 156 cm³/mol. The van der Waals surface area contributed by atoms with Crippen LogP contribution < -0.4 is 14.4 Å². The molecule has 1 aliphatic heterocycles. The summed E-state index contributed by atoms with van der Waals surface area (Å²) in [6.45, 7) is 9.39. The highest BCUT2D eigenvalue weighted by atomic mass is 32.1. The van der Waals surface area contributed by atoms with Crippen molar-refractivity contribution >= 4 is 45.5 Å². The van der Waals surface area contributed by atoms with Gasteiger partial charge in [0.25, 0.3) is 5.78 Å². The van der Waals surface area contributed by atoms with E-state index in [1.54, 1.807) is 39.0 Å². The quantitative estimate of drug-likeness (QED) is 0.131. The Hall–Kier alpha value is -4.71. The molecule has 1 unspecified atom stereocenters. The van der Waals surface area contributed by atoms with Gasteiger partial charge in [-0.2, -0.15) is 0 Å². The number of Topliss-reactive ketones (excluding diaryl/α,β-unsaturated/α-hetero) is 1. The normalized spacial score (nSPS) is 16.3. The molecule has 11 nitrogen and oxygen atoms in total. The van der Waals surface area contributed by atoms with Gasteiger partial charge in [0, 0.05) is 6.20 Å². The average Bonchev–Trinajstić information content (AvgIpc) is 3.61. The van der Waals surface area contributed by atoms with E-state index in [0.717, 1.165) is 16.9 Å². The Kier molecular flexibility index (Phi) is 7.74. The van der Waals surface area contributed by atoms with Gasteiger partial charge in [0.15, 0.2) is 22.4 Å². The van der Waals surface area contributed by atoms with Crippen LogP contribution in [0, 0.1) is 20.8 Å². The minimum Gasteiger partial charge on any atom is -0.505 e. The van der Waals surface area contributed by atoms with E-state index in [2.05, 4.69) is 9.97 Å². The van der Waals surface area contributed by atoms with E-state index in [9.17, 15) is 19.5 Å². The molecule has 1 aliphatic rings. The molecule has 3 aromatic heterocycles. The number of aromatic nitrogens is 3. The number of fused-ring (bicyclic) bond motifs is 1. The molecule has 0 radical (unpaired) electrons. The van der Waals surface area contributed by atoms with Crippen LogP contribution in [0.15, 0.2) is 42.1 Å². The summed E-state index contributed by atoms with van der Waals surface area (Å²) >= 11 is 0.936. The maximum absolute atomic E-state index is 13.7. The summed E-state index contributed by atoms with van der Waals surface area (Å²) in [6.07, 6.45) is 1.81. The number of benzene rings is 1. The van der Waals surface area contributed by atoms with E-state index in [-0.39, 0.29) is 27.9 Å². The second-order valence-electron chi connectivity index (χ2n) is 9.57. The van der Waals surface area contributed by atoms with Crippen LogP contribution in [0.3, 0.4) is 0 Å². The van der Waals surface area contributed by atoms with Crippen molar-refractivity contribution in [2.75, 3.05) is 25.2 Å². The van der Waals surface area contributed by atoms with Gasteiger partial charge in [-0.05, 0) is 63.9 Å². The molecule has 218 valence electrons. The average molecular weight is 591 g/mol. The number of hydrogen-bond donors (Lipinski definition) is 1. The minimum absolute atomic E-state index is 0.108. The number of thiazole rings is 1. The molecule has 1 fully saturated rings. The molecule has 4 heterocycles. The highest BCUT2D eigenvalue weighted by Crippen LogP contribution is 2.45. The number of ether oxygens (including phenoxy) is 3. The molecule has 5 rings (SSSR count). The van der Waals surface area contributed by atoms with E-state index >= 15 is 0 Å². The Morgan fingerprint density at radius 3 is 2.50 bits per heavy atom. The maximum Gasteiger partial charge on any atom is 0.350 e. The van der Waals surface area contributed by atoms with Crippen molar-refractivity contribution in [2.45, 2.75) is 40.7 Å². The monoisotopic (exact) mass is 590 g/mol. The van der Waals surface area contributed by atoms with Gasteiger partial charge < -0.3 is 23.7 Å². The zero-order valence-electron chi connectivity index (χ0n) is 24.0. The van der Waals surface area contributed by atoms with Gasteiger partial charge >= 0.3 is 11.9 Å². The molecule has 0 aliphatic carbocycles. The van der Waals surface area contributed by atoms with Gasteiger partial charge in [-0.25, -0.2) is 14.8 Å². The number of methoxy groups -OCH3 is 1. The van der Waals surface area contributed by atoms with Crippen molar-refractivity contribution in [3.63, 3.8) is 0 Å². The van der Waals surface area contributed by atoms with Crippen LogP contribution in [0.1, 0.15) is 57.8 Å². The van der Waals surface area contributed by atoms with E-state index in [1.807, 2.05) is 36.6 Å².